The van der Waals surface area contributed by atoms with Crippen molar-refractivity contribution in [2.75, 3.05) is 11.9 Å². The molecule has 0 fully saturated rings. The fourth-order valence-electron chi connectivity index (χ4n) is 2.41. The van der Waals surface area contributed by atoms with Crippen LogP contribution in [0.15, 0.2) is 43.1 Å². The van der Waals surface area contributed by atoms with Gasteiger partial charge in [0.15, 0.2) is 0 Å². The molecule has 0 aliphatic heterocycles. The lowest BCUT2D eigenvalue weighted by Gasteiger charge is -2.14. The molecule has 114 valence electrons. The molecule has 2 N–H and O–H groups in total. The number of carbonyl (C=O) groups is 1. The molecule has 0 spiro atoms. The molecule has 0 aliphatic carbocycles. The highest BCUT2D eigenvalue weighted by molar-refractivity contribution is 5.93. The molecule has 0 atom stereocenters. The summed E-state index contributed by atoms with van der Waals surface area (Å²) in [5.74, 6) is -0.207. The first-order chi connectivity index (χ1) is 10.5. The lowest BCUT2D eigenvalue weighted by Crippen LogP contribution is -2.24. The largest absolute Gasteiger partial charge is 0.355 e. The van der Waals surface area contributed by atoms with Crippen molar-refractivity contribution in [3.63, 3.8) is 0 Å². The van der Waals surface area contributed by atoms with Crippen molar-refractivity contribution < 1.29 is 4.79 Å². The van der Waals surface area contributed by atoms with Gasteiger partial charge in [-0.2, -0.15) is 0 Å². The number of benzene rings is 1. The number of amides is 1. The summed E-state index contributed by atoms with van der Waals surface area (Å²) in [4.78, 5) is 16.0. The molecular formula is C18H21N3O. The second-order valence-corrected chi connectivity index (χ2v) is 5.33. The van der Waals surface area contributed by atoms with E-state index in [1.54, 1.807) is 18.3 Å². The highest BCUT2D eigenvalue weighted by Crippen LogP contribution is 2.25. The molecule has 4 nitrogen and oxygen atoms in total. The summed E-state index contributed by atoms with van der Waals surface area (Å²) in [5, 5.41) is 6.10. The SMILES string of the molecule is C=CCNC(=O)c1cc(Nc2c(C)cc(C)cc2C)ccn1. The average molecular weight is 295 g/mol. The van der Waals surface area contributed by atoms with Crippen LogP contribution in [0, 0.1) is 20.8 Å². The molecule has 1 aromatic heterocycles. The van der Waals surface area contributed by atoms with E-state index in [0.29, 0.717) is 12.2 Å². The molecule has 0 saturated carbocycles. The molecule has 0 saturated heterocycles. The quantitative estimate of drug-likeness (QED) is 0.828. The smallest absolute Gasteiger partial charge is 0.270 e. The number of nitrogens with zero attached hydrogens (tertiary/aromatic N) is 1. The second-order valence-electron chi connectivity index (χ2n) is 5.33. The Labute approximate surface area is 131 Å². The van der Waals surface area contributed by atoms with Gasteiger partial charge in [-0.25, -0.2) is 0 Å². The highest BCUT2D eigenvalue weighted by atomic mass is 16.1. The van der Waals surface area contributed by atoms with Gasteiger partial charge in [-0.05, 0) is 44.0 Å². The van der Waals surface area contributed by atoms with Gasteiger partial charge in [0.05, 0.1) is 0 Å². The minimum Gasteiger partial charge on any atom is -0.355 e. The summed E-state index contributed by atoms with van der Waals surface area (Å²) in [5.41, 5.74) is 5.87. The van der Waals surface area contributed by atoms with Crippen LogP contribution in [0.1, 0.15) is 27.2 Å². The summed E-state index contributed by atoms with van der Waals surface area (Å²) in [6.07, 6.45) is 3.27. The fraction of sp³-hybridized carbons (Fsp3) is 0.222. The highest BCUT2D eigenvalue weighted by Gasteiger charge is 2.09. The Hall–Kier alpha value is -2.62. The monoisotopic (exact) mass is 295 g/mol. The predicted molar refractivity (Wildman–Crippen MR) is 90.7 cm³/mol. The van der Waals surface area contributed by atoms with E-state index in [-0.39, 0.29) is 5.91 Å². The predicted octanol–water partition coefficient (Wildman–Crippen LogP) is 3.67. The van der Waals surface area contributed by atoms with E-state index < -0.39 is 0 Å². The van der Waals surface area contributed by atoms with E-state index in [9.17, 15) is 4.79 Å². The van der Waals surface area contributed by atoms with E-state index in [1.165, 1.54) is 16.7 Å². The minimum atomic E-state index is -0.207. The Morgan fingerprint density at radius 1 is 1.23 bits per heavy atom. The zero-order chi connectivity index (χ0) is 16.1. The van der Waals surface area contributed by atoms with E-state index in [0.717, 1.165) is 11.4 Å². The number of rotatable bonds is 5. The van der Waals surface area contributed by atoms with Crippen molar-refractivity contribution in [2.24, 2.45) is 0 Å². The number of carbonyl (C=O) groups excluding carboxylic acids is 1. The van der Waals surface area contributed by atoms with Crippen molar-refractivity contribution in [2.45, 2.75) is 20.8 Å². The van der Waals surface area contributed by atoms with Gasteiger partial charge in [0.1, 0.15) is 5.69 Å². The third-order valence-electron chi connectivity index (χ3n) is 3.35. The number of aryl methyl sites for hydroxylation is 3. The Morgan fingerprint density at radius 2 is 1.91 bits per heavy atom. The minimum absolute atomic E-state index is 0.207. The molecule has 4 heteroatoms. The molecule has 2 rings (SSSR count). The Balaban J connectivity index is 2.24. The van der Waals surface area contributed by atoms with Crippen LogP contribution in [0.4, 0.5) is 11.4 Å². The molecule has 0 unspecified atom stereocenters. The Morgan fingerprint density at radius 3 is 2.55 bits per heavy atom. The third-order valence-corrected chi connectivity index (χ3v) is 3.35. The summed E-state index contributed by atoms with van der Waals surface area (Å²) in [6.45, 7) is 10.2. The maximum absolute atomic E-state index is 11.9. The Kier molecular flexibility index (Phi) is 4.94. The Bertz CT molecular complexity index is 684. The van der Waals surface area contributed by atoms with Crippen LogP contribution >= 0.6 is 0 Å². The molecule has 22 heavy (non-hydrogen) atoms. The van der Waals surface area contributed by atoms with Crippen LogP contribution in [0.25, 0.3) is 0 Å². The number of nitrogens with one attached hydrogen (secondary N) is 2. The molecule has 0 aliphatic rings. The lowest BCUT2D eigenvalue weighted by molar-refractivity contribution is 0.0953. The zero-order valence-electron chi connectivity index (χ0n) is 13.2. The average Bonchev–Trinajstić information content (AvgIpc) is 2.48. The molecule has 1 heterocycles. The van der Waals surface area contributed by atoms with Crippen LogP contribution in [0.2, 0.25) is 0 Å². The van der Waals surface area contributed by atoms with Crippen molar-refractivity contribution in [1.82, 2.24) is 10.3 Å². The number of aromatic nitrogens is 1. The van der Waals surface area contributed by atoms with Gasteiger partial charge < -0.3 is 10.6 Å². The molecule has 0 radical (unpaired) electrons. The summed E-state index contributed by atoms with van der Waals surface area (Å²) >= 11 is 0. The van der Waals surface area contributed by atoms with Gasteiger partial charge in [0.25, 0.3) is 5.91 Å². The lowest BCUT2D eigenvalue weighted by atomic mass is 10.0. The van der Waals surface area contributed by atoms with Crippen LogP contribution in [0.5, 0.6) is 0 Å². The van der Waals surface area contributed by atoms with Gasteiger partial charge in [-0.3, -0.25) is 9.78 Å². The molecule has 1 aromatic carbocycles. The first-order valence-corrected chi connectivity index (χ1v) is 7.21. The summed E-state index contributed by atoms with van der Waals surface area (Å²) < 4.78 is 0. The summed E-state index contributed by atoms with van der Waals surface area (Å²) in [7, 11) is 0. The maximum atomic E-state index is 11.9. The van der Waals surface area contributed by atoms with Gasteiger partial charge >= 0.3 is 0 Å². The van der Waals surface area contributed by atoms with Crippen molar-refractivity contribution in [3.05, 3.63) is 65.5 Å². The number of hydrogen-bond donors (Lipinski definition) is 2. The van der Waals surface area contributed by atoms with Gasteiger partial charge in [0, 0.05) is 24.1 Å². The number of anilines is 2. The maximum Gasteiger partial charge on any atom is 0.270 e. The first kappa shape index (κ1) is 15.8. The van der Waals surface area contributed by atoms with Crippen LogP contribution < -0.4 is 10.6 Å². The molecule has 1 amide bonds. The fourth-order valence-corrected chi connectivity index (χ4v) is 2.41. The normalized spacial score (nSPS) is 10.1. The number of pyridine rings is 1. The van der Waals surface area contributed by atoms with Crippen molar-refractivity contribution in [1.29, 1.82) is 0 Å². The molecule has 0 bridgehead atoms. The van der Waals surface area contributed by atoms with E-state index >= 15 is 0 Å². The van der Waals surface area contributed by atoms with Gasteiger partial charge in [0.2, 0.25) is 0 Å². The third kappa shape index (κ3) is 3.73. The molecule has 2 aromatic rings. The second kappa shape index (κ2) is 6.89. The van der Waals surface area contributed by atoms with Gasteiger partial charge in [-0.1, -0.05) is 23.8 Å². The summed E-state index contributed by atoms with van der Waals surface area (Å²) in [6, 6.07) is 7.86. The van der Waals surface area contributed by atoms with Crippen LogP contribution in [-0.4, -0.2) is 17.4 Å². The van der Waals surface area contributed by atoms with E-state index in [1.807, 2.05) is 6.07 Å². The topological polar surface area (TPSA) is 54.0 Å². The standard InChI is InChI=1S/C18H21N3O/c1-5-7-20-18(22)16-11-15(6-8-19-16)21-17-13(3)9-12(2)10-14(17)4/h5-6,8-11H,1,7H2,2-4H3,(H,19,21)(H,20,22). The zero-order valence-corrected chi connectivity index (χ0v) is 13.2. The van der Waals surface area contributed by atoms with Crippen LogP contribution in [-0.2, 0) is 0 Å². The molecular weight excluding hydrogens is 274 g/mol. The van der Waals surface area contributed by atoms with Crippen molar-refractivity contribution in [3.8, 4) is 0 Å². The van der Waals surface area contributed by atoms with Gasteiger partial charge in [-0.15, -0.1) is 6.58 Å². The van der Waals surface area contributed by atoms with Crippen molar-refractivity contribution >= 4 is 17.3 Å². The van der Waals surface area contributed by atoms with E-state index in [4.69, 9.17) is 0 Å². The first-order valence-electron chi connectivity index (χ1n) is 7.21. The van der Waals surface area contributed by atoms with E-state index in [2.05, 4.69) is 55.1 Å². The van der Waals surface area contributed by atoms with Crippen LogP contribution in [0.3, 0.4) is 0 Å². The number of hydrogen-bond acceptors (Lipinski definition) is 3.